The highest BCUT2D eigenvalue weighted by atomic mass is 32.2. The number of ether oxygens (including phenoxy) is 3. The predicted molar refractivity (Wildman–Crippen MR) is 158 cm³/mol. The van der Waals surface area contributed by atoms with Gasteiger partial charge in [-0.05, 0) is 95.7 Å². The molecule has 3 rings (SSSR count). The van der Waals surface area contributed by atoms with E-state index in [1.54, 1.807) is 6.92 Å². The first-order valence-electron chi connectivity index (χ1n) is 13.4. The van der Waals surface area contributed by atoms with Crippen LogP contribution >= 0.6 is 11.8 Å². The molecule has 0 amide bonds. The number of hydrogen-bond donors (Lipinski definition) is 1. The zero-order valence-electron chi connectivity index (χ0n) is 23.3. The molecule has 1 unspecified atom stereocenters. The first kappa shape index (κ1) is 29.6. The van der Waals surface area contributed by atoms with Crippen molar-refractivity contribution in [2.45, 2.75) is 66.2 Å². The van der Waals surface area contributed by atoms with Gasteiger partial charge in [-0.2, -0.15) is 11.8 Å². The second-order valence-corrected chi connectivity index (χ2v) is 11.1. The average molecular weight is 536 g/mol. The lowest BCUT2D eigenvalue weighted by molar-refractivity contribution is -0.147. The van der Waals surface area contributed by atoms with Crippen LogP contribution in [0, 0.1) is 6.92 Å². The maximum absolute atomic E-state index is 11.7. The van der Waals surface area contributed by atoms with E-state index in [1.165, 1.54) is 22.3 Å². The Hall–Kier alpha value is -2.96. The van der Waals surface area contributed by atoms with Gasteiger partial charge in [0.05, 0.1) is 6.61 Å². The lowest BCUT2D eigenvalue weighted by Crippen LogP contribution is -2.23. The number of carbonyl (C=O) groups excluding carboxylic acids is 1. The third-order valence-electron chi connectivity index (χ3n) is 6.14. The second kappa shape index (κ2) is 14.8. The number of nitrogens with two attached hydrogens (primary N) is 1. The highest BCUT2D eigenvalue weighted by Gasteiger charge is 2.15. The number of benzene rings is 3. The van der Waals surface area contributed by atoms with Crippen molar-refractivity contribution >= 4 is 17.7 Å². The molecule has 1 atom stereocenters. The average Bonchev–Trinajstić information content (AvgIpc) is 2.89. The molecule has 5 nitrogen and oxygen atoms in total. The van der Waals surface area contributed by atoms with Crippen LogP contribution in [-0.2, 0) is 22.6 Å². The first-order valence-corrected chi connectivity index (χ1v) is 14.5. The van der Waals surface area contributed by atoms with Crippen molar-refractivity contribution in [1.82, 2.24) is 0 Å². The van der Waals surface area contributed by atoms with Gasteiger partial charge < -0.3 is 14.2 Å². The Balaban J connectivity index is 1.66. The summed E-state index contributed by atoms with van der Waals surface area (Å²) in [4.78, 5) is 11.7. The van der Waals surface area contributed by atoms with Crippen LogP contribution < -0.4 is 15.2 Å². The SMILES string of the molecule is CCSCCOc1cc(C)c(-c2cccc(COc3ccc(CCC(=O)OC(C)N)cc3)c2)c(C(C)C)c1. The Kier molecular flexibility index (Phi) is 11.6. The molecule has 0 bridgehead atoms. The van der Waals surface area contributed by atoms with Gasteiger partial charge in [0.1, 0.15) is 24.3 Å². The van der Waals surface area contributed by atoms with E-state index in [2.05, 4.69) is 64.1 Å². The molecule has 2 N–H and O–H groups in total. The Morgan fingerprint density at radius 1 is 0.947 bits per heavy atom. The van der Waals surface area contributed by atoms with Gasteiger partial charge >= 0.3 is 5.97 Å². The summed E-state index contributed by atoms with van der Waals surface area (Å²) in [5, 5.41) is 0. The molecule has 0 spiro atoms. The minimum Gasteiger partial charge on any atom is -0.493 e. The zero-order valence-corrected chi connectivity index (χ0v) is 24.1. The maximum atomic E-state index is 11.7. The van der Waals surface area contributed by atoms with Crippen molar-refractivity contribution in [3.05, 3.63) is 82.9 Å². The largest absolute Gasteiger partial charge is 0.493 e. The fraction of sp³-hybridized carbons (Fsp3) is 0.406. The first-order chi connectivity index (χ1) is 18.3. The molecule has 0 radical (unpaired) electrons. The van der Waals surface area contributed by atoms with E-state index < -0.39 is 6.23 Å². The van der Waals surface area contributed by atoms with Crippen LogP contribution in [0.3, 0.4) is 0 Å². The van der Waals surface area contributed by atoms with Crippen molar-refractivity contribution in [3.8, 4) is 22.6 Å². The molecular weight excluding hydrogens is 494 g/mol. The molecule has 0 aromatic heterocycles. The summed E-state index contributed by atoms with van der Waals surface area (Å²) in [6, 6.07) is 20.8. The van der Waals surface area contributed by atoms with Crippen molar-refractivity contribution in [1.29, 1.82) is 0 Å². The number of esters is 1. The van der Waals surface area contributed by atoms with Crippen molar-refractivity contribution in [3.63, 3.8) is 0 Å². The fourth-order valence-corrected chi connectivity index (χ4v) is 4.81. The second-order valence-electron chi connectivity index (χ2n) is 9.73. The van der Waals surface area contributed by atoms with E-state index in [0.717, 1.165) is 40.7 Å². The van der Waals surface area contributed by atoms with Crippen LogP contribution in [0.5, 0.6) is 11.5 Å². The minimum atomic E-state index is -0.578. The molecule has 0 saturated heterocycles. The Morgan fingerprint density at radius 2 is 1.71 bits per heavy atom. The lowest BCUT2D eigenvalue weighted by Gasteiger charge is -2.19. The quantitative estimate of drug-likeness (QED) is 0.133. The smallest absolute Gasteiger partial charge is 0.307 e. The van der Waals surface area contributed by atoms with Gasteiger partial charge in [-0.25, -0.2) is 0 Å². The van der Waals surface area contributed by atoms with Gasteiger partial charge in [-0.15, -0.1) is 0 Å². The standard InChI is InChI=1S/C32H41NO4S/c1-6-38-17-16-35-29-18-23(4)32(30(20-29)22(2)3)27-9-7-8-26(19-27)21-36-28-13-10-25(11-14-28)12-15-31(34)37-24(5)33/h7-11,13-14,18-20,22,24H,6,12,15-17,21,33H2,1-5H3. The highest BCUT2D eigenvalue weighted by Crippen LogP contribution is 2.36. The van der Waals surface area contributed by atoms with Gasteiger partial charge in [-0.1, -0.05) is 51.1 Å². The Morgan fingerprint density at radius 3 is 2.39 bits per heavy atom. The number of hydrogen-bond acceptors (Lipinski definition) is 6. The van der Waals surface area contributed by atoms with Gasteiger partial charge in [0, 0.05) is 12.2 Å². The molecular formula is C32H41NO4S. The summed E-state index contributed by atoms with van der Waals surface area (Å²) >= 11 is 1.89. The molecule has 0 heterocycles. The Bertz CT molecular complexity index is 1170. The number of rotatable bonds is 14. The van der Waals surface area contributed by atoms with Crippen LogP contribution in [0.1, 0.15) is 62.3 Å². The van der Waals surface area contributed by atoms with Crippen molar-refractivity contribution < 1.29 is 19.0 Å². The van der Waals surface area contributed by atoms with E-state index in [9.17, 15) is 4.79 Å². The molecule has 0 aliphatic carbocycles. The van der Waals surface area contributed by atoms with Gasteiger partial charge in [0.15, 0.2) is 0 Å². The molecule has 3 aromatic rings. The third-order valence-corrected chi connectivity index (χ3v) is 7.01. The summed E-state index contributed by atoms with van der Waals surface area (Å²) in [6.07, 6.45) is 0.329. The summed E-state index contributed by atoms with van der Waals surface area (Å²) in [5.74, 6) is 3.93. The predicted octanol–water partition coefficient (Wildman–Crippen LogP) is 7.28. The van der Waals surface area contributed by atoms with E-state index in [0.29, 0.717) is 25.4 Å². The molecule has 3 aromatic carbocycles. The topological polar surface area (TPSA) is 70.8 Å². The molecule has 0 aliphatic heterocycles. The van der Waals surface area contributed by atoms with Crippen LogP contribution in [-0.4, -0.2) is 30.3 Å². The summed E-state index contributed by atoms with van der Waals surface area (Å²) in [5.41, 5.74) is 12.6. The fourth-order valence-electron chi connectivity index (χ4n) is 4.32. The molecule has 0 aliphatic rings. The monoisotopic (exact) mass is 535 g/mol. The van der Waals surface area contributed by atoms with Gasteiger partial charge in [0.2, 0.25) is 0 Å². The number of carbonyl (C=O) groups is 1. The summed E-state index contributed by atoms with van der Waals surface area (Å²) in [6.45, 7) is 11.6. The van der Waals surface area contributed by atoms with E-state index >= 15 is 0 Å². The molecule has 38 heavy (non-hydrogen) atoms. The number of aryl methyl sites for hydroxylation is 2. The highest BCUT2D eigenvalue weighted by molar-refractivity contribution is 7.99. The molecule has 204 valence electrons. The van der Waals surface area contributed by atoms with Crippen LogP contribution in [0.4, 0.5) is 0 Å². The van der Waals surface area contributed by atoms with Gasteiger partial charge in [-0.3, -0.25) is 10.5 Å². The van der Waals surface area contributed by atoms with E-state index in [4.69, 9.17) is 19.9 Å². The number of thioether (sulfide) groups is 1. The van der Waals surface area contributed by atoms with Crippen LogP contribution in [0.25, 0.3) is 11.1 Å². The van der Waals surface area contributed by atoms with Crippen molar-refractivity contribution in [2.24, 2.45) is 5.73 Å². The molecule has 6 heteroatoms. The third kappa shape index (κ3) is 9.10. The summed E-state index contributed by atoms with van der Waals surface area (Å²) in [7, 11) is 0. The van der Waals surface area contributed by atoms with Crippen molar-refractivity contribution in [2.75, 3.05) is 18.1 Å². The summed E-state index contributed by atoms with van der Waals surface area (Å²) < 4.78 is 17.1. The van der Waals surface area contributed by atoms with Crippen LogP contribution in [0.2, 0.25) is 0 Å². The maximum Gasteiger partial charge on any atom is 0.307 e. The van der Waals surface area contributed by atoms with E-state index in [-0.39, 0.29) is 5.97 Å². The molecule has 0 fully saturated rings. The molecule has 0 saturated carbocycles. The van der Waals surface area contributed by atoms with Crippen LogP contribution in [0.15, 0.2) is 60.7 Å². The Labute approximate surface area is 232 Å². The zero-order chi connectivity index (χ0) is 27.5. The van der Waals surface area contributed by atoms with Gasteiger partial charge in [0.25, 0.3) is 0 Å². The normalized spacial score (nSPS) is 11.9. The lowest BCUT2D eigenvalue weighted by atomic mass is 9.88. The minimum absolute atomic E-state index is 0.288. The van der Waals surface area contributed by atoms with E-state index in [1.807, 2.05) is 36.0 Å².